The zero-order valence-corrected chi connectivity index (χ0v) is 10.9. The van der Waals surface area contributed by atoms with Crippen LogP contribution >= 0.6 is 0 Å². The van der Waals surface area contributed by atoms with Crippen LogP contribution in [0.4, 0.5) is 4.39 Å². The molecule has 0 atom stereocenters. The van der Waals surface area contributed by atoms with E-state index in [0.717, 1.165) is 25.7 Å². The molecule has 0 unspecified atom stereocenters. The fourth-order valence-electron chi connectivity index (χ4n) is 2.17. The Hall–Kier alpha value is -1.69. The molecule has 0 aromatic heterocycles. The smallest absolute Gasteiger partial charge is 0.167 e. The van der Waals surface area contributed by atoms with Crippen molar-refractivity contribution >= 4 is 5.78 Å². The van der Waals surface area contributed by atoms with Crippen LogP contribution < -0.4 is 0 Å². The normalized spacial score (nSPS) is 10.4. The minimum Gasteiger partial charge on any atom is -0.294 e. The van der Waals surface area contributed by atoms with Crippen molar-refractivity contribution in [1.82, 2.24) is 0 Å². The molecule has 0 saturated heterocycles. The van der Waals surface area contributed by atoms with E-state index in [1.54, 1.807) is 12.1 Å². The van der Waals surface area contributed by atoms with Crippen LogP contribution in [-0.2, 0) is 0 Å². The molecular formula is C15H18FNO. The molecule has 0 saturated carbocycles. The molecule has 0 aliphatic heterocycles. The van der Waals surface area contributed by atoms with E-state index in [2.05, 4.69) is 0 Å². The van der Waals surface area contributed by atoms with Crippen LogP contribution in [0.25, 0.3) is 0 Å². The molecule has 18 heavy (non-hydrogen) atoms. The van der Waals surface area contributed by atoms with Crippen molar-refractivity contribution in [2.45, 2.75) is 39.5 Å². The van der Waals surface area contributed by atoms with Gasteiger partial charge in [0.1, 0.15) is 11.9 Å². The molecule has 0 bridgehead atoms. The average Bonchev–Trinajstić information content (AvgIpc) is 2.37. The van der Waals surface area contributed by atoms with Crippen LogP contribution in [0.1, 0.15) is 55.5 Å². The molecule has 96 valence electrons. The third-order valence-corrected chi connectivity index (χ3v) is 3.04. The van der Waals surface area contributed by atoms with Crippen molar-refractivity contribution < 1.29 is 9.18 Å². The quantitative estimate of drug-likeness (QED) is 0.710. The Labute approximate surface area is 107 Å². The molecule has 0 amide bonds. The summed E-state index contributed by atoms with van der Waals surface area (Å²) in [4.78, 5) is 12.3. The number of rotatable bonds is 6. The number of nitrogens with zero attached hydrogens (tertiary/aromatic N) is 1. The predicted octanol–water partition coefficient (Wildman–Crippen LogP) is 4.10. The van der Waals surface area contributed by atoms with Gasteiger partial charge in [-0.15, -0.1) is 0 Å². The molecule has 2 nitrogen and oxygen atoms in total. The van der Waals surface area contributed by atoms with Gasteiger partial charge < -0.3 is 0 Å². The van der Waals surface area contributed by atoms with E-state index >= 15 is 0 Å². The number of ketones is 1. The summed E-state index contributed by atoms with van der Waals surface area (Å²) in [6, 6.07) is 6.03. The monoisotopic (exact) mass is 247 g/mol. The van der Waals surface area contributed by atoms with Gasteiger partial charge in [-0.2, -0.15) is 5.26 Å². The second-order valence-electron chi connectivity index (χ2n) is 4.41. The predicted molar refractivity (Wildman–Crippen MR) is 68.8 cm³/mol. The molecule has 0 spiro atoms. The molecule has 0 heterocycles. The summed E-state index contributed by atoms with van der Waals surface area (Å²) < 4.78 is 13.5. The maximum absolute atomic E-state index is 13.5. The first-order valence-electron chi connectivity index (χ1n) is 6.38. The lowest BCUT2D eigenvalue weighted by Crippen LogP contribution is -2.16. The molecule has 0 aliphatic rings. The van der Waals surface area contributed by atoms with E-state index in [1.807, 2.05) is 13.8 Å². The first-order valence-corrected chi connectivity index (χ1v) is 6.38. The molecule has 1 rings (SSSR count). The van der Waals surface area contributed by atoms with Crippen LogP contribution in [0.5, 0.6) is 0 Å². The Morgan fingerprint density at radius 1 is 1.33 bits per heavy atom. The van der Waals surface area contributed by atoms with Crippen molar-refractivity contribution in [3.05, 3.63) is 35.1 Å². The maximum Gasteiger partial charge on any atom is 0.167 e. The lowest BCUT2D eigenvalue weighted by molar-refractivity contribution is 0.0904. The van der Waals surface area contributed by atoms with Gasteiger partial charge >= 0.3 is 0 Å². The van der Waals surface area contributed by atoms with Gasteiger partial charge in [0.15, 0.2) is 5.78 Å². The van der Waals surface area contributed by atoms with E-state index in [1.165, 1.54) is 12.1 Å². The molecule has 1 aromatic rings. The highest BCUT2D eigenvalue weighted by Gasteiger charge is 2.22. The first kappa shape index (κ1) is 14.4. The van der Waals surface area contributed by atoms with Gasteiger partial charge in [0, 0.05) is 11.5 Å². The van der Waals surface area contributed by atoms with E-state index in [4.69, 9.17) is 5.26 Å². The summed E-state index contributed by atoms with van der Waals surface area (Å²) in [5.74, 6) is -0.821. The molecule has 0 radical (unpaired) electrons. The molecule has 0 fully saturated rings. The highest BCUT2D eigenvalue weighted by atomic mass is 19.1. The van der Waals surface area contributed by atoms with Crippen LogP contribution in [0.3, 0.4) is 0 Å². The minimum atomic E-state index is -0.616. The van der Waals surface area contributed by atoms with Gasteiger partial charge in [-0.25, -0.2) is 4.39 Å². The summed E-state index contributed by atoms with van der Waals surface area (Å²) >= 11 is 0. The standard InChI is InChI=1S/C15H18FNO/c1-3-6-11(7-4-2)15(18)12-8-5-9-14(16)13(12)10-17/h5,8-9,11H,3-4,6-7H2,1-2H3. The molecule has 0 N–H and O–H groups in total. The lowest BCUT2D eigenvalue weighted by Gasteiger charge is -2.14. The number of benzene rings is 1. The topological polar surface area (TPSA) is 40.9 Å². The van der Waals surface area contributed by atoms with Crippen LogP contribution in [0.2, 0.25) is 0 Å². The van der Waals surface area contributed by atoms with Gasteiger partial charge in [-0.3, -0.25) is 4.79 Å². The van der Waals surface area contributed by atoms with Crippen molar-refractivity contribution in [2.75, 3.05) is 0 Å². The largest absolute Gasteiger partial charge is 0.294 e. The lowest BCUT2D eigenvalue weighted by atomic mass is 9.88. The first-order chi connectivity index (χ1) is 8.65. The SMILES string of the molecule is CCCC(CCC)C(=O)c1cccc(F)c1C#N. The van der Waals surface area contributed by atoms with Crippen molar-refractivity contribution in [2.24, 2.45) is 5.92 Å². The Bertz CT molecular complexity index is 456. The zero-order valence-electron chi connectivity index (χ0n) is 10.9. The fraction of sp³-hybridized carbons (Fsp3) is 0.467. The second kappa shape index (κ2) is 6.90. The van der Waals surface area contributed by atoms with Gasteiger partial charge in [-0.1, -0.05) is 32.8 Å². The molecule has 1 aromatic carbocycles. The third kappa shape index (κ3) is 3.16. The van der Waals surface area contributed by atoms with Gasteiger partial charge in [0.05, 0.1) is 5.56 Å². The fourth-order valence-corrected chi connectivity index (χ4v) is 2.17. The Morgan fingerprint density at radius 3 is 2.44 bits per heavy atom. The zero-order chi connectivity index (χ0) is 13.5. The highest BCUT2D eigenvalue weighted by Crippen LogP contribution is 2.22. The minimum absolute atomic E-state index is 0.102. The van der Waals surface area contributed by atoms with Gasteiger partial charge in [0.25, 0.3) is 0 Å². The number of hydrogen-bond donors (Lipinski definition) is 0. The van der Waals surface area contributed by atoms with Crippen molar-refractivity contribution in [1.29, 1.82) is 5.26 Å². The summed E-state index contributed by atoms with van der Waals surface area (Å²) in [6.07, 6.45) is 3.39. The van der Waals surface area contributed by atoms with Crippen molar-refractivity contribution in [3.63, 3.8) is 0 Å². The van der Waals surface area contributed by atoms with Gasteiger partial charge in [-0.05, 0) is 25.0 Å². The number of carbonyl (C=O) groups excluding carboxylic acids is 1. The van der Waals surface area contributed by atoms with E-state index in [9.17, 15) is 9.18 Å². The van der Waals surface area contributed by atoms with Crippen LogP contribution in [0.15, 0.2) is 18.2 Å². The van der Waals surface area contributed by atoms with E-state index in [-0.39, 0.29) is 22.8 Å². The molecular weight excluding hydrogens is 229 g/mol. The Balaban J connectivity index is 3.09. The summed E-state index contributed by atoms with van der Waals surface area (Å²) in [5.41, 5.74) is 0.101. The number of halogens is 1. The van der Waals surface area contributed by atoms with Gasteiger partial charge in [0.2, 0.25) is 0 Å². The summed E-state index contributed by atoms with van der Waals surface area (Å²) in [5, 5.41) is 8.95. The third-order valence-electron chi connectivity index (χ3n) is 3.04. The van der Waals surface area contributed by atoms with Crippen LogP contribution in [0, 0.1) is 23.1 Å². The van der Waals surface area contributed by atoms with E-state index < -0.39 is 5.82 Å². The number of hydrogen-bond acceptors (Lipinski definition) is 2. The number of nitriles is 1. The number of Topliss-reactive ketones (excluding diaryl/α,β-unsaturated/α-hetero) is 1. The highest BCUT2D eigenvalue weighted by molar-refractivity contribution is 6.00. The molecule has 3 heteroatoms. The number of carbonyl (C=O) groups is 1. The maximum atomic E-state index is 13.5. The Morgan fingerprint density at radius 2 is 1.94 bits per heavy atom. The summed E-state index contributed by atoms with van der Waals surface area (Å²) in [7, 11) is 0. The van der Waals surface area contributed by atoms with Crippen molar-refractivity contribution in [3.8, 4) is 6.07 Å². The Kier molecular flexibility index (Phi) is 5.51. The van der Waals surface area contributed by atoms with E-state index in [0.29, 0.717) is 0 Å². The summed E-state index contributed by atoms with van der Waals surface area (Å²) in [6.45, 7) is 4.04. The average molecular weight is 247 g/mol. The second-order valence-corrected chi connectivity index (χ2v) is 4.41. The van der Waals surface area contributed by atoms with Crippen LogP contribution in [-0.4, -0.2) is 5.78 Å². The molecule has 0 aliphatic carbocycles.